The first-order valence-corrected chi connectivity index (χ1v) is 7.31. The molecule has 2 nitrogen and oxygen atoms in total. The van der Waals surface area contributed by atoms with Crippen LogP contribution in [-0.2, 0) is 12.8 Å². The van der Waals surface area contributed by atoms with Crippen molar-refractivity contribution in [1.29, 1.82) is 0 Å². The third-order valence-electron chi connectivity index (χ3n) is 3.01. The minimum atomic E-state index is 0.128. The highest BCUT2D eigenvalue weighted by Crippen LogP contribution is 2.21. The monoisotopic (exact) mass is 339 g/mol. The van der Waals surface area contributed by atoms with Crippen LogP contribution < -0.4 is 0 Å². The molecule has 0 aliphatic heterocycles. The van der Waals surface area contributed by atoms with E-state index in [-0.39, 0.29) is 12.5 Å². The van der Waals surface area contributed by atoms with Gasteiger partial charge in [-0.2, -0.15) is 0 Å². The maximum Gasteiger partial charge on any atom is 0.0466 e. The van der Waals surface area contributed by atoms with E-state index in [0.717, 1.165) is 33.6 Å². The summed E-state index contributed by atoms with van der Waals surface area (Å²) in [6.07, 6.45) is 3.28. The van der Waals surface area contributed by atoms with Crippen LogP contribution in [0.4, 0.5) is 0 Å². The Balaban J connectivity index is 2.05. The molecule has 1 atom stereocenters. The van der Waals surface area contributed by atoms with Crippen molar-refractivity contribution in [2.24, 2.45) is 5.92 Å². The number of aliphatic hydroxyl groups is 1. The molecule has 1 aromatic carbocycles. The van der Waals surface area contributed by atoms with E-state index >= 15 is 0 Å². The largest absolute Gasteiger partial charge is 0.396 e. The maximum atomic E-state index is 9.51. The van der Waals surface area contributed by atoms with Gasteiger partial charge in [0.1, 0.15) is 0 Å². The van der Waals surface area contributed by atoms with Crippen molar-refractivity contribution < 1.29 is 5.11 Å². The smallest absolute Gasteiger partial charge is 0.0466 e. The molecular weight excluding hydrogens is 326 g/mol. The summed E-state index contributed by atoms with van der Waals surface area (Å²) in [6.45, 7) is 0.128. The quantitative estimate of drug-likeness (QED) is 0.895. The van der Waals surface area contributed by atoms with Gasteiger partial charge in [-0.15, -0.1) is 0 Å². The van der Waals surface area contributed by atoms with Gasteiger partial charge < -0.3 is 5.11 Å². The van der Waals surface area contributed by atoms with Crippen LogP contribution in [0, 0.1) is 5.92 Å². The molecule has 2 rings (SSSR count). The highest BCUT2D eigenvalue weighted by atomic mass is 79.9. The summed E-state index contributed by atoms with van der Waals surface area (Å²) in [4.78, 5) is 4.34. The molecule has 100 valence electrons. The van der Waals surface area contributed by atoms with Gasteiger partial charge in [0.25, 0.3) is 0 Å². The second kappa shape index (κ2) is 7.04. The molecule has 1 aromatic heterocycles. The topological polar surface area (TPSA) is 33.1 Å². The lowest BCUT2D eigenvalue weighted by Crippen LogP contribution is -2.14. The average molecular weight is 341 g/mol. The van der Waals surface area contributed by atoms with Gasteiger partial charge in [-0.25, -0.2) is 0 Å². The Hall–Kier alpha value is -0.900. The Morgan fingerprint density at radius 2 is 1.95 bits per heavy atom. The van der Waals surface area contributed by atoms with E-state index in [2.05, 4.69) is 20.9 Å². The third kappa shape index (κ3) is 4.30. The fourth-order valence-electron chi connectivity index (χ4n) is 2.00. The zero-order chi connectivity index (χ0) is 13.7. The number of hydrogen-bond donors (Lipinski definition) is 1. The van der Waals surface area contributed by atoms with E-state index in [1.54, 1.807) is 6.20 Å². The summed E-state index contributed by atoms with van der Waals surface area (Å²) < 4.78 is 0.961. The van der Waals surface area contributed by atoms with Crippen molar-refractivity contribution in [3.63, 3.8) is 0 Å². The van der Waals surface area contributed by atoms with E-state index in [0.29, 0.717) is 0 Å². The van der Waals surface area contributed by atoms with Crippen molar-refractivity contribution in [2.45, 2.75) is 12.8 Å². The Kier molecular flexibility index (Phi) is 5.37. The number of benzene rings is 1. The Bertz CT molecular complexity index is 530. The third-order valence-corrected chi connectivity index (χ3v) is 3.85. The van der Waals surface area contributed by atoms with Gasteiger partial charge in [-0.1, -0.05) is 29.8 Å². The zero-order valence-electron chi connectivity index (χ0n) is 10.4. The first-order chi connectivity index (χ1) is 9.19. The molecule has 1 heterocycles. The molecule has 0 spiro atoms. The predicted octanol–water partition coefficient (Wildman–Crippen LogP) is 3.89. The lowest BCUT2D eigenvalue weighted by Gasteiger charge is -2.14. The molecule has 0 fully saturated rings. The van der Waals surface area contributed by atoms with Crippen LogP contribution in [0.1, 0.15) is 11.3 Å². The van der Waals surface area contributed by atoms with Crippen molar-refractivity contribution in [2.75, 3.05) is 6.61 Å². The maximum absolute atomic E-state index is 9.51. The highest BCUT2D eigenvalue weighted by Gasteiger charge is 2.12. The molecule has 0 aliphatic rings. The number of nitrogens with zero attached hydrogens (tertiary/aromatic N) is 1. The second-order valence-electron chi connectivity index (χ2n) is 4.52. The highest BCUT2D eigenvalue weighted by molar-refractivity contribution is 9.10. The normalized spacial score (nSPS) is 12.4. The Morgan fingerprint density at radius 3 is 2.58 bits per heavy atom. The molecule has 0 amide bonds. The van der Waals surface area contributed by atoms with Crippen LogP contribution in [-0.4, -0.2) is 16.7 Å². The van der Waals surface area contributed by atoms with Gasteiger partial charge in [0.15, 0.2) is 0 Å². The molecule has 0 saturated heterocycles. The fourth-order valence-corrected chi connectivity index (χ4v) is 2.45. The van der Waals surface area contributed by atoms with E-state index in [9.17, 15) is 5.11 Å². The molecule has 1 N–H and O–H groups in total. The lowest BCUT2D eigenvalue weighted by atomic mass is 9.95. The van der Waals surface area contributed by atoms with Crippen LogP contribution in [0.25, 0.3) is 0 Å². The SMILES string of the molecule is OCC(Cc1ccc(Br)cn1)Cc1ccccc1Cl. The first kappa shape index (κ1) is 14.5. The molecule has 0 aliphatic carbocycles. The molecule has 0 radical (unpaired) electrons. The Morgan fingerprint density at radius 1 is 1.16 bits per heavy atom. The number of aromatic nitrogens is 1. The summed E-state index contributed by atoms with van der Waals surface area (Å²) in [5.74, 6) is 0.133. The van der Waals surface area contributed by atoms with Crippen molar-refractivity contribution in [1.82, 2.24) is 4.98 Å². The summed E-state index contributed by atoms with van der Waals surface area (Å²) in [6, 6.07) is 11.7. The van der Waals surface area contributed by atoms with E-state index in [4.69, 9.17) is 11.6 Å². The fraction of sp³-hybridized carbons (Fsp3) is 0.267. The molecule has 19 heavy (non-hydrogen) atoms. The number of hydrogen-bond acceptors (Lipinski definition) is 2. The molecular formula is C15H15BrClNO. The van der Waals surface area contributed by atoms with Gasteiger partial charge in [0.2, 0.25) is 0 Å². The molecule has 0 bridgehead atoms. The number of halogens is 2. The summed E-state index contributed by atoms with van der Waals surface area (Å²) in [5.41, 5.74) is 2.05. The molecule has 1 unspecified atom stereocenters. The molecule has 2 aromatic rings. The summed E-state index contributed by atoms with van der Waals surface area (Å²) in [5, 5.41) is 10.3. The van der Waals surface area contributed by atoms with Crippen LogP contribution in [0.5, 0.6) is 0 Å². The summed E-state index contributed by atoms with van der Waals surface area (Å²) >= 11 is 9.51. The van der Waals surface area contributed by atoms with E-state index < -0.39 is 0 Å². The van der Waals surface area contributed by atoms with Gasteiger partial charge in [0.05, 0.1) is 0 Å². The summed E-state index contributed by atoms with van der Waals surface area (Å²) in [7, 11) is 0. The number of aliphatic hydroxyl groups excluding tert-OH is 1. The van der Waals surface area contributed by atoms with Gasteiger partial charge in [0, 0.05) is 28.0 Å². The first-order valence-electron chi connectivity index (χ1n) is 6.13. The minimum Gasteiger partial charge on any atom is -0.396 e. The van der Waals surface area contributed by atoms with Gasteiger partial charge >= 0.3 is 0 Å². The number of pyridine rings is 1. The van der Waals surface area contributed by atoms with Crippen molar-refractivity contribution in [3.8, 4) is 0 Å². The lowest BCUT2D eigenvalue weighted by molar-refractivity contribution is 0.224. The zero-order valence-corrected chi connectivity index (χ0v) is 12.7. The molecule has 4 heteroatoms. The van der Waals surface area contributed by atoms with Crippen LogP contribution in [0.2, 0.25) is 5.02 Å². The predicted molar refractivity (Wildman–Crippen MR) is 81.4 cm³/mol. The van der Waals surface area contributed by atoms with E-state index in [1.807, 2.05) is 36.4 Å². The van der Waals surface area contributed by atoms with Gasteiger partial charge in [-0.05, 0) is 58.5 Å². The standard InChI is InChI=1S/C15H15BrClNO/c16-13-5-6-14(18-9-13)8-11(10-19)7-12-3-1-2-4-15(12)17/h1-6,9,11,19H,7-8,10H2. The van der Waals surface area contributed by atoms with Gasteiger partial charge in [-0.3, -0.25) is 4.98 Å². The minimum absolute atomic E-state index is 0.128. The van der Waals surface area contributed by atoms with Crippen molar-refractivity contribution in [3.05, 3.63) is 63.3 Å². The number of rotatable bonds is 5. The second-order valence-corrected chi connectivity index (χ2v) is 5.84. The Labute approximate surface area is 126 Å². The van der Waals surface area contributed by atoms with Crippen molar-refractivity contribution >= 4 is 27.5 Å². The van der Waals surface area contributed by atoms with E-state index in [1.165, 1.54) is 0 Å². The van der Waals surface area contributed by atoms with Crippen LogP contribution >= 0.6 is 27.5 Å². The molecule has 0 saturated carbocycles. The average Bonchev–Trinajstić information content (AvgIpc) is 2.43. The van der Waals surface area contributed by atoms with Crippen LogP contribution in [0.3, 0.4) is 0 Å². The van der Waals surface area contributed by atoms with Crippen LogP contribution in [0.15, 0.2) is 47.1 Å².